The molecular formula is C13H12N4O2S. The Balaban J connectivity index is 1.91. The van der Waals surface area contributed by atoms with E-state index < -0.39 is 10.0 Å². The highest BCUT2D eigenvalue weighted by molar-refractivity contribution is 7.92. The van der Waals surface area contributed by atoms with Gasteiger partial charge in [0.25, 0.3) is 10.0 Å². The molecule has 3 rings (SSSR count). The van der Waals surface area contributed by atoms with E-state index in [0.717, 1.165) is 5.69 Å². The van der Waals surface area contributed by atoms with Crippen molar-refractivity contribution in [3.63, 3.8) is 0 Å². The molecule has 0 unspecified atom stereocenters. The lowest BCUT2D eigenvalue weighted by Crippen LogP contribution is -2.13. The van der Waals surface area contributed by atoms with Crippen LogP contribution >= 0.6 is 0 Å². The monoisotopic (exact) mass is 288 g/mol. The molecule has 1 aromatic carbocycles. The minimum atomic E-state index is -3.63. The smallest absolute Gasteiger partial charge is 0.278 e. The Bertz CT molecular complexity index is 793. The number of nitrogens with one attached hydrogen (secondary N) is 2. The van der Waals surface area contributed by atoms with Gasteiger partial charge < -0.3 is 4.57 Å². The van der Waals surface area contributed by atoms with Gasteiger partial charge >= 0.3 is 0 Å². The number of aromatic amines is 1. The quantitative estimate of drug-likeness (QED) is 0.770. The zero-order valence-electron chi connectivity index (χ0n) is 10.4. The van der Waals surface area contributed by atoms with Crippen LogP contribution in [0, 0.1) is 0 Å². The predicted octanol–water partition coefficient (Wildman–Crippen LogP) is 2.00. The number of anilines is 1. The first-order valence-electron chi connectivity index (χ1n) is 5.91. The van der Waals surface area contributed by atoms with Crippen LogP contribution in [0.15, 0.2) is 66.1 Å². The van der Waals surface area contributed by atoms with Crippen LogP contribution in [0.2, 0.25) is 0 Å². The van der Waals surface area contributed by atoms with Gasteiger partial charge in [0, 0.05) is 18.1 Å². The molecule has 0 aliphatic carbocycles. The molecule has 0 bridgehead atoms. The first-order valence-corrected chi connectivity index (χ1v) is 7.39. The lowest BCUT2D eigenvalue weighted by atomic mass is 10.3. The van der Waals surface area contributed by atoms with Gasteiger partial charge in [-0.1, -0.05) is 6.07 Å². The third kappa shape index (κ3) is 2.43. The van der Waals surface area contributed by atoms with Gasteiger partial charge in [-0.15, -0.1) is 0 Å². The second-order valence-electron chi connectivity index (χ2n) is 4.17. The van der Waals surface area contributed by atoms with Crippen LogP contribution in [0.3, 0.4) is 0 Å². The molecule has 3 aromatic rings. The molecule has 0 aliphatic rings. The Labute approximate surface area is 116 Å². The van der Waals surface area contributed by atoms with Crippen molar-refractivity contribution >= 4 is 15.7 Å². The largest absolute Gasteiger partial charge is 0.324 e. The first kappa shape index (κ1) is 12.5. The number of benzene rings is 1. The molecule has 0 spiro atoms. The van der Waals surface area contributed by atoms with Gasteiger partial charge in [-0.2, -0.15) is 13.5 Å². The fourth-order valence-corrected chi connectivity index (χ4v) is 2.80. The second kappa shape index (κ2) is 4.86. The van der Waals surface area contributed by atoms with Gasteiger partial charge in [0.1, 0.15) is 0 Å². The van der Waals surface area contributed by atoms with Crippen molar-refractivity contribution in [2.45, 2.75) is 5.03 Å². The molecule has 0 amide bonds. The highest BCUT2D eigenvalue weighted by Crippen LogP contribution is 2.18. The number of nitrogens with zero attached hydrogens (tertiary/aromatic N) is 2. The number of H-pyrrole nitrogens is 1. The lowest BCUT2D eigenvalue weighted by Gasteiger charge is -2.08. The average molecular weight is 288 g/mol. The van der Waals surface area contributed by atoms with Crippen LogP contribution < -0.4 is 4.72 Å². The van der Waals surface area contributed by atoms with Crippen LogP contribution in [0.4, 0.5) is 5.69 Å². The van der Waals surface area contributed by atoms with Crippen LogP contribution in [-0.4, -0.2) is 23.2 Å². The number of sulfonamides is 1. The minimum Gasteiger partial charge on any atom is -0.324 e. The molecule has 7 heteroatoms. The maximum Gasteiger partial charge on any atom is 0.278 e. The van der Waals surface area contributed by atoms with E-state index in [9.17, 15) is 8.42 Å². The number of rotatable bonds is 4. The van der Waals surface area contributed by atoms with Crippen LogP contribution in [0.5, 0.6) is 0 Å². The van der Waals surface area contributed by atoms with Crippen molar-refractivity contribution in [2.75, 3.05) is 4.72 Å². The summed E-state index contributed by atoms with van der Waals surface area (Å²) in [6.45, 7) is 0. The standard InChI is InChI=1S/C13H12N4O2S/c18-20(19,13-6-7-14-15-13)16-11-4-3-5-12(10-11)17-8-1-2-9-17/h1-10,16H,(H,14,15). The number of hydrogen-bond acceptors (Lipinski definition) is 3. The third-order valence-corrected chi connectivity index (χ3v) is 4.08. The van der Waals surface area contributed by atoms with Crippen LogP contribution in [0.25, 0.3) is 5.69 Å². The summed E-state index contributed by atoms with van der Waals surface area (Å²) < 4.78 is 28.6. The van der Waals surface area contributed by atoms with Gasteiger partial charge in [0.2, 0.25) is 0 Å². The molecule has 0 radical (unpaired) electrons. The molecule has 2 N–H and O–H groups in total. The molecular weight excluding hydrogens is 276 g/mol. The second-order valence-corrected chi connectivity index (χ2v) is 5.82. The Morgan fingerprint density at radius 3 is 2.60 bits per heavy atom. The maximum atomic E-state index is 12.1. The van der Waals surface area contributed by atoms with Crippen molar-refractivity contribution in [3.05, 3.63) is 61.1 Å². The Morgan fingerprint density at radius 2 is 1.90 bits per heavy atom. The molecule has 2 aromatic heterocycles. The molecule has 2 heterocycles. The highest BCUT2D eigenvalue weighted by atomic mass is 32.2. The minimum absolute atomic E-state index is 0.0314. The Morgan fingerprint density at radius 1 is 1.10 bits per heavy atom. The fourth-order valence-electron chi connectivity index (χ4n) is 1.84. The highest BCUT2D eigenvalue weighted by Gasteiger charge is 2.15. The lowest BCUT2D eigenvalue weighted by molar-refractivity contribution is 0.597. The topological polar surface area (TPSA) is 79.8 Å². The van der Waals surface area contributed by atoms with Crippen molar-refractivity contribution in [2.24, 2.45) is 0 Å². The SMILES string of the molecule is O=S(=O)(Nc1cccc(-n2cccc2)c1)c1ccn[nH]1. The zero-order valence-corrected chi connectivity index (χ0v) is 11.2. The van der Waals surface area contributed by atoms with Gasteiger partial charge in [0.05, 0.1) is 11.9 Å². The van der Waals surface area contributed by atoms with Crippen LogP contribution in [0.1, 0.15) is 0 Å². The summed E-state index contributed by atoms with van der Waals surface area (Å²) in [5.74, 6) is 0. The van der Waals surface area contributed by atoms with Gasteiger partial charge in [-0.05, 0) is 36.4 Å². The molecule has 6 nitrogen and oxygen atoms in total. The maximum absolute atomic E-state index is 12.1. The van der Waals surface area contributed by atoms with Gasteiger partial charge in [-0.25, -0.2) is 0 Å². The summed E-state index contributed by atoms with van der Waals surface area (Å²) in [6, 6.07) is 12.4. The van der Waals surface area contributed by atoms with Gasteiger partial charge in [-0.3, -0.25) is 9.82 Å². The van der Waals surface area contributed by atoms with E-state index >= 15 is 0 Å². The van der Waals surface area contributed by atoms with E-state index in [1.165, 1.54) is 12.3 Å². The zero-order chi connectivity index (χ0) is 14.0. The number of aromatic nitrogens is 3. The molecule has 102 valence electrons. The predicted molar refractivity (Wildman–Crippen MR) is 75.2 cm³/mol. The summed E-state index contributed by atoms with van der Waals surface area (Å²) in [5.41, 5.74) is 1.37. The summed E-state index contributed by atoms with van der Waals surface area (Å²) >= 11 is 0. The molecule has 0 aliphatic heterocycles. The summed E-state index contributed by atoms with van der Waals surface area (Å²) in [5, 5.41) is 6.11. The first-order chi connectivity index (χ1) is 9.65. The Kier molecular flexibility index (Phi) is 3.03. The molecule has 0 fully saturated rings. The van der Waals surface area contributed by atoms with E-state index in [4.69, 9.17) is 0 Å². The number of hydrogen-bond donors (Lipinski definition) is 2. The molecule has 0 saturated heterocycles. The summed E-state index contributed by atoms with van der Waals surface area (Å²) in [4.78, 5) is 0. The van der Waals surface area contributed by atoms with Gasteiger partial charge in [0.15, 0.2) is 5.03 Å². The normalized spacial score (nSPS) is 11.4. The van der Waals surface area contributed by atoms with Crippen molar-refractivity contribution < 1.29 is 8.42 Å². The van der Waals surface area contributed by atoms with Crippen molar-refractivity contribution in [1.29, 1.82) is 0 Å². The molecule has 0 saturated carbocycles. The van der Waals surface area contributed by atoms with Crippen molar-refractivity contribution in [3.8, 4) is 5.69 Å². The van der Waals surface area contributed by atoms with Crippen LogP contribution in [-0.2, 0) is 10.0 Å². The van der Waals surface area contributed by atoms with E-state index in [1.807, 2.05) is 35.2 Å². The van der Waals surface area contributed by atoms with Crippen molar-refractivity contribution in [1.82, 2.24) is 14.8 Å². The fraction of sp³-hybridized carbons (Fsp3) is 0. The van der Waals surface area contributed by atoms with E-state index in [-0.39, 0.29) is 5.03 Å². The Hall–Kier alpha value is -2.54. The molecule has 20 heavy (non-hydrogen) atoms. The molecule has 0 atom stereocenters. The third-order valence-electron chi connectivity index (χ3n) is 2.77. The van der Waals surface area contributed by atoms with E-state index in [0.29, 0.717) is 5.69 Å². The van der Waals surface area contributed by atoms with E-state index in [2.05, 4.69) is 14.9 Å². The summed E-state index contributed by atoms with van der Waals surface area (Å²) in [6.07, 6.45) is 5.18. The van der Waals surface area contributed by atoms with E-state index in [1.54, 1.807) is 18.2 Å². The summed E-state index contributed by atoms with van der Waals surface area (Å²) in [7, 11) is -3.63. The average Bonchev–Trinajstić information content (AvgIpc) is 3.12.